The molecule has 2 aliphatic carbocycles. The minimum absolute atomic E-state index is 0.487. The Bertz CT molecular complexity index is 869. The van der Waals surface area contributed by atoms with Crippen LogP contribution in [0.5, 0.6) is 0 Å². The molecule has 0 amide bonds. The number of nitrogens with one attached hydrogen (secondary N) is 2. The van der Waals surface area contributed by atoms with Gasteiger partial charge in [0.2, 0.25) is 5.95 Å². The standard InChI is InChI=1S/C26H40N6/c1-31(2)22-15-11-20(12-16-22)18-27-17-19-9-13-21(14-10-19)28-26-29-24-8-6-5-7-23(24)25(30-26)32(3)4/h11-12,15-16,19,21,27H,5-10,13-14,17-18H2,1-4H3,(H,28,29,30)/t19-,21+. The monoisotopic (exact) mass is 436 g/mol. The Hall–Kier alpha value is -2.34. The Labute approximate surface area is 193 Å². The van der Waals surface area contributed by atoms with Crippen LogP contribution < -0.4 is 20.4 Å². The first-order chi connectivity index (χ1) is 15.5. The SMILES string of the molecule is CN(C)c1ccc(CNC[C@H]2CC[C@@H](Nc3nc4c(c(N(C)C)n3)CCCC4)CC2)cc1. The smallest absolute Gasteiger partial charge is 0.225 e. The lowest BCUT2D eigenvalue weighted by Gasteiger charge is -2.30. The van der Waals surface area contributed by atoms with Gasteiger partial charge in [-0.25, -0.2) is 4.98 Å². The number of fused-ring (bicyclic) bond motifs is 1. The molecule has 0 radical (unpaired) electrons. The van der Waals surface area contributed by atoms with E-state index in [0.29, 0.717) is 6.04 Å². The van der Waals surface area contributed by atoms with Crippen LogP contribution >= 0.6 is 0 Å². The average Bonchev–Trinajstić information content (AvgIpc) is 2.80. The molecule has 0 bridgehead atoms. The molecule has 1 heterocycles. The summed E-state index contributed by atoms with van der Waals surface area (Å²) in [6, 6.07) is 9.33. The van der Waals surface area contributed by atoms with Crippen molar-refractivity contribution in [3.05, 3.63) is 41.1 Å². The number of aryl methyl sites for hydroxylation is 1. The summed E-state index contributed by atoms with van der Waals surface area (Å²) in [7, 11) is 8.35. The zero-order valence-electron chi connectivity index (χ0n) is 20.3. The number of hydrogen-bond acceptors (Lipinski definition) is 6. The van der Waals surface area contributed by atoms with Crippen molar-refractivity contribution in [3.63, 3.8) is 0 Å². The molecule has 4 rings (SSSR count). The van der Waals surface area contributed by atoms with Crippen LogP contribution in [-0.4, -0.2) is 50.7 Å². The van der Waals surface area contributed by atoms with Crippen molar-refractivity contribution >= 4 is 17.5 Å². The normalized spacial score (nSPS) is 20.5. The highest BCUT2D eigenvalue weighted by atomic mass is 15.2. The molecule has 0 spiro atoms. The fraction of sp³-hybridized carbons (Fsp3) is 0.615. The Kier molecular flexibility index (Phi) is 7.51. The number of aromatic nitrogens is 2. The molecule has 1 aromatic heterocycles. The number of anilines is 3. The number of benzene rings is 1. The Balaban J connectivity index is 1.24. The third-order valence-electron chi connectivity index (χ3n) is 6.98. The summed E-state index contributed by atoms with van der Waals surface area (Å²) in [6.45, 7) is 2.05. The fourth-order valence-electron chi connectivity index (χ4n) is 5.03. The van der Waals surface area contributed by atoms with E-state index in [1.807, 2.05) is 0 Å². The molecular weight excluding hydrogens is 396 g/mol. The van der Waals surface area contributed by atoms with Crippen molar-refractivity contribution in [2.24, 2.45) is 5.92 Å². The van der Waals surface area contributed by atoms with Crippen LogP contribution in [0.2, 0.25) is 0 Å². The van der Waals surface area contributed by atoms with E-state index < -0.39 is 0 Å². The molecule has 1 aromatic carbocycles. The first kappa shape index (κ1) is 22.8. The summed E-state index contributed by atoms with van der Waals surface area (Å²) in [5.74, 6) is 2.70. The number of nitrogens with zero attached hydrogens (tertiary/aromatic N) is 4. The highest BCUT2D eigenvalue weighted by molar-refractivity contribution is 5.53. The molecule has 2 aliphatic rings. The van der Waals surface area contributed by atoms with Crippen molar-refractivity contribution in [1.82, 2.24) is 15.3 Å². The van der Waals surface area contributed by atoms with E-state index in [9.17, 15) is 0 Å². The maximum atomic E-state index is 4.91. The Morgan fingerprint density at radius 1 is 0.875 bits per heavy atom. The van der Waals surface area contributed by atoms with Crippen LogP contribution in [0.15, 0.2) is 24.3 Å². The fourth-order valence-corrected chi connectivity index (χ4v) is 5.03. The van der Waals surface area contributed by atoms with Gasteiger partial charge in [-0.3, -0.25) is 0 Å². The van der Waals surface area contributed by atoms with E-state index >= 15 is 0 Å². The minimum atomic E-state index is 0.487. The summed E-state index contributed by atoms with van der Waals surface area (Å²) in [6.07, 6.45) is 9.61. The molecule has 0 aliphatic heterocycles. The molecule has 0 unspecified atom stereocenters. The second kappa shape index (κ2) is 10.5. The lowest BCUT2D eigenvalue weighted by Crippen LogP contribution is -2.32. The summed E-state index contributed by atoms with van der Waals surface area (Å²) < 4.78 is 0. The molecular formula is C26H40N6. The van der Waals surface area contributed by atoms with Gasteiger partial charge < -0.3 is 20.4 Å². The zero-order valence-corrected chi connectivity index (χ0v) is 20.3. The van der Waals surface area contributed by atoms with Crippen LogP contribution in [-0.2, 0) is 19.4 Å². The van der Waals surface area contributed by atoms with Crippen LogP contribution in [0.1, 0.15) is 55.3 Å². The predicted molar refractivity (Wildman–Crippen MR) is 135 cm³/mol. The highest BCUT2D eigenvalue weighted by Gasteiger charge is 2.23. The second-order valence-electron chi connectivity index (χ2n) is 9.95. The maximum Gasteiger partial charge on any atom is 0.225 e. The summed E-state index contributed by atoms with van der Waals surface area (Å²) in [5, 5.41) is 7.34. The molecule has 174 valence electrons. The van der Waals surface area contributed by atoms with Crippen molar-refractivity contribution in [1.29, 1.82) is 0 Å². The molecule has 2 aromatic rings. The Morgan fingerprint density at radius 2 is 1.59 bits per heavy atom. The third kappa shape index (κ3) is 5.71. The van der Waals surface area contributed by atoms with E-state index in [1.165, 1.54) is 61.0 Å². The van der Waals surface area contributed by atoms with Crippen LogP contribution in [0, 0.1) is 5.92 Å². The average molecular weight is 437 g/mol. The van der Waals surface area contributed by atoms with Gasteiger partial charge in [-0.15, -0.1) is 0 Å². The minimum Gasteiger partial charge on any atom is -0.378 e. The molecule has 32 heavy (non-hydrogen) atoms. The molecule has 1 saturated carbocycles. The number of hydrogen-bond donors (Lipinski definition) is 2. The van der Waals surface area contributed by atoms with E-state index in [1.54, 1.807) is 0 Å². The number of rotatable bonds is 8. The van der Waals surface area contributed by atoms with Gasteiger partial charge in [-0.2, -0.15) is 4.98 Å². The van der Waals surface area contributed by atoms with E-state index in [0.717, 1.165) is 43.6 Å². The van der Waals surface area contributed by atoms with Gasteiger partial charge in [0.25, 0.3) is 0 Å². The van der Waals surface area contributed by atoms with Gasteiger partial charge >= 0.3 is 0 Å². The predicted octanol–water partition coefficient (Wildman–Crippen LogP) is 4.25. The second-order valence-corrected chi connectivity index (χ2v) is 9.95. The summed E-state index contributed by atoms with van der Waals surface area (Å²) in [5.41, 5.74) is 5.22. The van der Waals surface area contributed by atoms with Crippen molar-refractivity contribution in [2.75, 3.05) is 49.9 Å². The van der Waals surface area contributed by atoms with Gasteiger partial charge in [0.15, 0.2) is 0 Å². The largest absolute Gasteiger partial charge is 0.378 e. The van der Waals surface area contributed by atoms with Crippen LogP contribution in [0.25, 0.3) is 0 Å². The molecule has 0 saturated heterocycles. The lowest BCUT2D eigenvalue weighted by molar-refractivity contribution is 0.323. The van der Waals surface area contributed by atoms with E-state index in [-0.39, 0.29) is 0 Å². The first-order valence-electron chi connectivity index (χ1n) is 12.3. The van der Waals surface area contributed by atoms with Gasteiger partial charge in [0.1, 0.15) is 5.82 Å². The van der Waals surface area contributed by atoms with Gasteiger partial charge in [0, 0.05) is 52.0 Å². The lowest BCUT2D eigenvalue weighted by atomic mass is 9.86. The van der Waals surface area contributed by atoms with Crippen LogP contribution in [0.3, 0.4) is 0 Å². The van der Waals surface area contributed by atoms with E-state index in [2.05, 4.69) is 72.9 Å². The van der Waals surface area contributed by atoms with Gasteiger partial charge in [-0.1, -0.05) is 12.1 Å². The molecule has 6 heteroatoms. The summed E-state index contributed by atoms with van der Waals surface area (Å²) >= 11 is 0. The van der Waals surface area contributed by atoms with Crippen LogP contribution in [0.4, 0.5) is 17.5 Å². The van der Waals surface area contributed by atoms with Gasteiger partial charge in [0.05, 0.1) is 5.69 Å². The zero-order chi connectivity index (χ0) is 22.5. The van der Waals surface area contributed by atoms with Crippen molar-refractivity contribution < 1.29 is 0 Å². The molecule has 2 N–H and O–H groups in total. The Morgan fingerprint density at radius 3 is 2.28 bits per heavy atom. The van der Waals surface area contributed by atoms with Gasteiger partial charge in [-0.05, 0) is 81.5 Å². The topological polar surface area (TPSA) is 56.3 Å². The quantitative estimate of drug-likeness (QED) is 0.645. The summed E-state index contributed by atoms with van der Waals surface area (Å²) in [4.78, 5) is 14.1. The molecule has 6 nitrogen and oxygen atoms in total. The highest BCUT2D eigenvalue weighted by Crippen LogP contribution is 2.30. The maximum absolute atomic E-state index is 4.91. The van der Waals surface area contributed by atoms with Crippen molar-refractivity contribution in [2.45, 2.75) is 64.0 Å². The van der Waals surface area contributed by atoms with Crippen molar-refractivity contribution in [3.8, 4) is 0 Å². The van der Waals surface area contributed by atoms with E-state index in [4.69, 9.17) is 9.97 Å². The first-order valence-corrected chi connectivity index (χ1v) is 12.3. The third-order valence-corrected chi connectivity index (χ3v) is 6.98. The molecule has 0 atom stereocenters. The molecule has 1 fully saturated rings.